The van der Waals surface area contributed by atoms with Gasteiger partial charge in [-0.3, -0.25) is 9.69 Å². The zero-order valence-corrected chi connectivity index (χ0v) is 18.1. The Bertz CT molecular complexity index is 1020. The van der Waals surface area contributed by atoms with Crippen LogP contribution >= 0.6 is 11.7 Å². The second-order valence-electron chi connectivity index (χ2n) is 8.68. The molecule has 0 saturated carbocycles. The Balaban J connectivity index is 1.07. The van der Waals surface area contributed by atoms with Crippen LogP contribution < -0.4 is 0 Å². The molecule has 1 amide bonds. The van der Waals surface area contributed by atoms with Crippen molar-refractivity contribution < 1.29 is 4.79 Å². The van der Waals surface area contributed by atoms with Crippen LogP contribution in [0.1, 0.15) is 42.4 Å². The minimum atomic E-state index is 0.331. The summed E-state index contributed by atoms with van der Waals surface area (Å²) in [6.07, 6.45) is 5.10. The summed E-state index contributed by atoms with van der Waals surface area (Å²) in [5.74, 6) is 1.00. The van der Waals surface area contributed by atoms with Crippen molar-refractivity contribution in [3.05, 3.63) is 59.2 Å². The minimum absolute atomic E-state index is 0.331. The van der Waals surface area contributed by atoms with Gasteiger partial charge in [-0.2, -0.15) is 8.75 Å². The number of amides is 1. The summed E-state index contributed by atoms with van der Waals surface area (Å²) in [5, 5.41) is 0. The second kappa shape index (κ2) is 8.82. The number of aromatic nitrogens is 2. The summed E-state index contributed by atoms with van der Waals surface area (Å²) in [7, 11) is 0. The van der Waals surface area contributed by atoms with Gasteiger partial charge in [-0.25, -0.2) is 0 Å². The number of benzene rings is 2. The van der Waals surface area contributed by atoms with E-state index in [1.165, 1.54) is 41.3 Å². The van der Waals surface area contributed by atoms with Crippen molar-refractivity contribution in [2.75, 3.05) is 19.6 Å². The first-order chi connectivity index (χ1) is 14.7. The van der Waals surface area contributed by atoms with Crippen molar-refractivity contribution in [3.63, 3.8) is 0 Å². The molecule has 3 aromatic rings. The van der Waals surface area contributed by atoms with Crippen molar-refractivity contribution in [1.82, 2.24) is 18.5 Å². The first-order valence-corrected chi connectivity index (χ1v) is 11.8. The lowest BCUT2D eigenvalue weighted by Crippen LogP contribution is -2.37. The molecule has 30 heavy (non-hydrogen) atoms. The topological polar surface area (TPSA) is 49.3 Å². The summed E-state index contributed by atoms with van der Waals surface area (Å²) >= 11 is 1.28. The summed E-state index contributed by atoms with van der Waals surface area (Å²) in [6.45, 7) is 4.86. The van der Waals surface area contributed by atoms with E-state index in [4.69, 9.17) is 0 Å². The van der Waals surface area contributed by atoms with Crippen LogP contribution in [0.25, 0.3) is 11.0 Å². The van der Waals surface area contributed by atoms with E-state index in [0.717, 1.165) is 56.6 Å². The quantitative estimate of drug-likeness (QED) is 0.619. The largest absolute Gasteiger partial charge is 0.338 e. The molecule has 2 aliphatic rings. The Kier molecular flexibility index (Phi) is 5.77. The van der Waals surface area contributed by atoms with Gasteiger partial charge >= 0.3 is 0 Å². The molecule has 1 saturated heterocycles. The lowest BCUT2D eigenvalue weighted by molar-refractivity contribution is -0.132. The summed E-state index contributed by atoms with van der Waals surface area (Å²) < 4.78 is 8.63. The van der Waals surface area contributed by atoms with Gasteiger partial charge in [0.15, 0.2) is 0 Å². The van der Waals surface area contributed by atoms with Crippen LogP contribution in [-0.4, -0.2) is 44.1 Å². The molecule has 5 rings (SSSR count). The predicted octanol–water partition coefficient (Wildman–Crippen LogP) is 4.27. The van der Waals surface area contributed by atoms with E-state index in [9.17, 15) is 4.79 Å². The highest BCUT2D eigenvalue weighted by Crippen LogP contribution is 2.25. The summed E-state index contributed by atoms with van der Waals surface area (Å²) in [6, 6.07) is 14.9. The van der Waals surface area contributed by atoms with Crippen LogP contribution in [0.5, 0.6) is 0 Å². The number of carbonyl (C=O) groups is 1. The van der Waals surface area contributed by atoms with Crippen LogP contribution in [0.3, 0.4) is 0 Å². The van der Waals surface area contributed by atoms with Gasteiger partial charge < -0.3 is 4.90 Å². The van der Waals surface area contributed by atoms with Crippen molar-refractivity contribution in [2.45, 2.75) is 45.2 Å². The van der Waals surface area contributed by atoms with Crippen LogP contribution in [0.4, 0.5) is 0 Å². The highest BCUT2D eigenvalue weighted by Gasteiger charge is 2.23. The van der Waals surface area contributed by atoms with E-state index in [2.05, 4.69) is 61.0 Å². The third-order valence-electron chi connectivity index (χ3n) is 6.68. The van der Waals surface area contributed by atoms with E-state index in [1.54, 1.807) is 0 Å². The highest BCUT2D eigenvalue weighted by molar-refractivity contribution is 7.00. The Morgan fingerprint density at radius 3 is 2.67 bits per heavy atom. The SMILES string of the molecule is O=C(CCC1CCN(Cc2ccc3nsnc3c2)CC1)N1CCc2ccccc2C1. The number of piperidine rings is 1. The fraction of sp³-hybridized carbons (Fsp3) is 0.458. The standard InChI is InChI=1S/C24H28N4OS/c29-24(28-14-11-20-3-1-2-4-21(20)17-28)8-6-18-9-12-27(13-10-18)16-19-5-7-22-23(15-19)26-30-25-22/h1-5,7,15,18H,6,8-14,16-17H2. The fourth-order valence-electron chi connectivity index (χ4n) is 4.81. The fourth-order valence-corrected chi connectivity index (χ4v) is 5.33. The molecule has 0 spiro atoms. The van der Waals surface area contributed by atoms with Crippen LogP contribution in [0.2, 0.25) is 0 Å². The lowest BCUT2D eigenvalue weighted by atomic mass is 9.91. The van der Waals surface area contributed by atoms with Crippen molar-refractivity contribution in [1.29, 1.82) is 0 Å². The molecule has 1 aromatic heterocycles. The molecule has 0 N–H and O–H groups in total. The normalized spacial score (nSPS) is 17.9. The zero-order chi connectivity index (χ0) is 20.3. The molecule has 0 radical (unpaired) electrons. The minimum Gasteiger partial charge on any atom is -0.338 e. The van der Waals surface area contributed by atoms with Crippen LogP contribution in [0.15, 0.2) is 42.5 Å². The summed E-state index contributed by atoms with van der Waals surface area (Å²) in [4.78, 5) is 17.3. The van der Waals surface area contributed by atoms with Gasteiger partial charge in [-0.1, -0.05) is 30.3 Å². The Morgan fingerprint density at radius 2 is 1.80 bits per heavy atom. The number of hydrogen-bond acceptors (Lipinski definition) is 5. The molecule has 3 heterocycles. The molecular weight excluding hydrogens is 392 g/mol. The Hall–Kier alpha value is -2.31. The number of carbonyl (C=O) groups excluding carboxylic acids is 1. The molecule has 0 atom stereocenters. The number of likely N-dealkylation sites (tertiary alicyclic amines) is 1. The average molecular weight is 421 g/mol. The third kappa shape index (κ3) is 4.40. The van der Waals surface area contributed by atoms with E-state index in [-0.39, 0.29) is 0 Å². The van der Waals surface area contributed by atoms with Gasteiger partial charge in [0.2, 0.25) is 5.91 Å². The molecule has 156 valence electrons. The van der Waals surface area contributed by atoms with Crippen molar-refractivity contribution >= 4 is 28.7 Å². The van der Waals surface area contributed by atoms with Gasteiger partial charge in [-0.05, 0) is 73.5 Å². The van der Waals surface area contributed by atoms with E-state index >= 15 is 0 Å². The summed E-state index contributed by atoms with van der Waals surface area (Å²) in [5.41, 5.74) is 6.03. The zero-order valence-electron chi connectivity index (χ0n) is 17.3. The van der Waals surface area contributed by atoms with E-state index < -0.39 is 0 Å². The maximum Gasteiger partial charge on any atom is 0.222 e. The highest BCUT2D eigenvalue weighted by atomic mass is 32.1. The molecule has 0 unspecified atom stereocenters. The molecule has 2 aromatic carbocycles. The van der Waals surface area contributed by atoms with Crippen LogP contribution in [-0.2, 0) is 24.3 Å². The first kappa shape index (κ1) is 19.6. The van der Waals surface area contributed by atoms with Gasteiger partial charge in [0, 0.05) is 26.1 Å². The van der Waals surface area contributed by atoms with Crippen molar-refractivity contribution in [2.24, 2.45) is 5.92 Å². The maximum atomic E-state index is 12.7. The molecule has 6 heteroatoms. The van der Waals surface area contributed by atoms with Crippen LogP contribution in [0, 0.1) is 5.92 Å². The number of hydrogen-bond donors (Lipinski definition) is 0. The Morgan fingerprint density at radius 1 is 1.00 bits per heavy atom. The first-order valence-electron chi connectivity index (χ1n) is 11.0. The Labute approximate surface area is 182 Å². The number of rotatable bonds is 5. The smallest absolute Gasteiger partial charge is 0.222 e. The van der Waals surface area contributed by atoms with Gasteiger partial charge in [0.25, 0.3) is 0 Å². The lowest BCUT2D eigenvalue weighted by Gasteiger charge is -2.33. The molecule has 2 aliphatic heterocycles. The second-order valence-corrected chi connectivity index (χ2v) is 9.21. The number of fused-ring (bicyclic) bond motifs is 2. The molecule has 0 bridgehead atoms. The molecule has 1 fully saturated rings. The molecule has 0 aliphatic carbocycles. The monoisotopic (exact) mass is 420 g/mol. The van der Waals surface area contributed by atoms with Crippen molar-refractivity contribution in [3.8, 4) is 0 Å². The van der Waals surface area contributed by atoms with E-state index in [0.29, 0.717) is 18.2 Å². The molecular formula is C24H28N4OS. The maximum absolute atomic E-state index is 12.7. The van der Waals surface area contributed by atoms with E-state index in [1.807, 2.05) is 0 Å². The molecule has 5 nitrogen and oxygen atoms in total. The van der Waals surface area contributed by atoms with Gasteiger partial charge in [0.1, 0.15) is 11.0 Å². The third-order valence-corrected chi connectivity index (χ3v) is 7.24. The predicted molar refractivity (Wildman–Crippen MR) is 120 cm³/mol. The average Bonchev–Trinajstić information content (AvgIpc) is 3.26. The number of nitrogens with zero attached hydrogens (tertiary/aromatic N) is 4. The van der Waals surface area contributed by atoms with Gasteiger partial charge in [0.05, 0.1) is 11.7 Å². The van der Waals surface area contributed by atoms with Gasteiger partial charge in [-0.15, -0.1) is 0 Å².